The fraction of sp³-hybridized carbons (Fsp3) is 0.542. The summed E-state index contributed by atoms with van der Waals surface area (Å²) in [5, 5.41) is 4.69. The van der Waals surface area contributed by atoms with Crippen molar-refractivity contribution in [2.75, 3.05) is 6.54 Å². The van der Waals surface area contributed by atoms with E-state index in [9.17, 15) is 4.21 Å². The van der Waals surface area contributed by atoms with Crippen molar-refractivity contribution in [1.82, 2.24) is 23.9 Å². The lowest BCUT2D eigenvalue weighted by Crippen LogP contribution is -2.37. The zero-order valence-electron chi connectivity index (χ0n) is 20.9. The van der Waals surface area contributed by atoms with Crippen LogP contribution in [0.15, 0.2) is 30.6 Å². The maximum Gasteiger partial charge on any atom is 0.153 e. The van der Waals surface area contributed by atoms with Crippen molar-refractivity contribution < 1.29 is 4.21 Å². The molecule has 3 aromatic heterocycles. The van der Waals surface area contributed by atoms with Gasteiger partial charge in [-0.05, 0) is 58.4 Å². The number of hydrogen-bond acceptors (Lipinski definition) is 4. The normalized spacial score (nSPS) is 12.1. The highest BCUT2D eigenvalue weighted by atomic mass is 32.2. The van der Waals surface area contributed by atoms with Crippen LogP contribution in [0.1, 0.15) is 72.3 Å². The molecule has 0 fully saturated rings. The maximum atomic E-state index is 12.8. The zero-order valence-corrected chi connectivity index (χ0v) is 21.7. The van der Waals surface area contributed by atoms with Crippen molar-refractivity contribution in [3.8, 4) is 11.3 Å². The first-order valence-electron chi connectivity index (χ1n) is 11.1. The van der Waals surface area contributed by atoms with Crippen LogP contribution in [-0.4, -0.2) is 39.4 Å². The summed E-state index contributed by atoms with van der Waals surface area (Å²) in [7, 11) is -1.08. The molecule has 1 atom stereocenters. The number of aromatic nitrogens is 4. The van der Waals surface area contributed by atoms with Crippen molar-refractivity contribution in [2.24, 2.45) is 0 Å². The number of nitrogens with zero attached hydrogens (tertiary/aromatic N) is 5. The Labute approximate surface area is 190 Å². The van der Waals surface area contributed by atoms with Gasteiger partial charge in [0.1, 0.15) is 11.0 Å². The van der Waals surface area contributed by atoms with Crippen LogP contribution in [0.4, 0.5) is 0 Å². The van der Waals surface area contributed by atoms with E-state index in [0.29, 0.717) is 13.1 Å². The average molecular weight is 446 g/mol. The molecular weight excluding hydrogens is 406 g/mol. The quantitative estimate of drug-likeness (QED) is 0.502. The van der Waals surface area contributed by atoms with E-state index in [1.807, 2.05) is 98.1 Å². The first-order chi connectivity index (χ1) is 14.7. The molecule has 3 heterocycles. The smallest absolute Gasteiger partial charge is 0.153 e. The Bertz CT molecular complexity index is 991. The van der Waals surface area contributed by atoms with Crippen LogP contribution in [0.25, 0.3) is 16.9 Å². The molecular formula is C24H39N5OS. The first-order valence-corrected chi connectivity index (χ1v) is 12.3. The van der Waals surface area contributed by atoms with Gasteiger partial charge in [0, 0.05) is 18.3 Å². The maximum absolute atomic E-state index is 12.8. The van der Waals surface area contributed by atoms with Gasteiger partial charge in [-0.15, -0.1) is 0 Å². The molecule has 0 aliphatic rings. The molecule has 1 unspecified atom stereocenters. The van der Waals surface area contributed by atoms with E-state index in [1.54, 1.807) is 4.52 Å². The van der Waals surface area contributed by atoms with Gasteiger partial charge < -0.3 is 0 Å². The molecule has 0 aromatic carbocycles. The third-order valence-corrected chi connectivity index (χ3v) is 6.23. The minimum atomic E-state index is -1.08. The van der Waals surface area contributed by atoms with Crippen molar-refractivity contribution >= 4 is 16.6 Å². The van der Waals surface area contributed by atoms with Crippen molar-refractivity contribution in [1.29, 1.82) is 0 Å². The van der Waals surface area contributed by atoms with E-state index in [4.69, 9.17) is 5.10 Å². The van der Waals surface area contributed by atoms with Crippen LogP contribution in [-0.2, 0) is 17.5 Å². The van der Waals surface area contributed by atoms with Crippen LogP contribution in [0.3, 0.4) is 0 Å². The molecule has 0 saturated heterocycles. The predicted octanol–water partition coefficient (Wildman–Crippen LogP) is 5.74. The van der Waals surface area contributed by atoms with Gasteiger partial charge in [-0.25, -0.2) is 18.0 Å². The molecule has 0 N–H and O–H groups in total. The fourth-order valence-corrected chi connectivity index (χ4v) is 4.19. The van der Waals surface area contributed by atoms with E-state index in [1.165, 1.54) is 0 Å². The average Bonchev–Trinajstić information content (AvgIpc) is 3.14. The van der Waals surface area contributed by atoms with Crippen LogP contribution in [0.2, 0.25) is 0 Å². The summed E-state index contributed by atoms with van der Waals surface area (Å²) < 4.78 is 16.2. The third kappa shape index (κ3) is 6.94. The van der Waals surface area contributed by atoms with Gasteiger partial charge in [-0.3, -0.25) is 4.98 Å². The predicted molar refractivity (Wildman–Crippen MR) is 132 cm³/mol. The lowest BCUT2D eigenvalue weighted by atomic mass is 10.1. The van der Waals surface area contributed by atoms with E-state index in [2.05, 4.69) is 16.0 Å². The number of hydrogen-bond donors (Lipinski definition) is 0. The van der Waals surface area contributed by atoms with E-state index < -0.39 is 11.0 Å². The highest BCUT2D eigenvalue weighted by molar-refractivity contribution is 7.84. The molecule has 0 amide bonds. The second-order valence-corrected chi connectivity index (χ2v) is 9.95. The zero-order chi connectivity index (χ0) is 23.8. The Balaban J connectivity index is 0.00000113. The number of fused-ring (bicyclic) bond motifs is 1. The second kappa shape index (κ2) is 12.1. The molecule has 3 rings (SSSR count). The molecule has 0 radical (unpaired) electrons. The number of rotatable bonds is 5. The molecule has 0 bridgehead atoms. The van der Waals surface area contributed by atoms with Crippen LogP contribution in [0, 0.1) is 13.8 Å². The number of pyridine rings is 1. The summed E-state index contributed by atoms with van der Waals surface area (Å²) in [5.74, 6) is 0. The minimum absolute atomic E-state index is 0.296. The van der Waals surface area contributed by atoms with Crippen molar-refractivity contribution in [2.45, 2.75) is 80.5 Å². The summed E-state index contributed by atoms with van der Waals surface area (Å²) in [6.07, 6.45) is 3.78. The molecule has 3 aromatic rings. The molecule has 0 aliphatic heterocycles. The summed E-state index contributed by atoms with van der Waals surface area (Å²) >= 11 is 0. The summed E-state index contributed by atoms with van der Waals surface area (Å²) in [6.45, 7) is 21.2. The molecule has 6 nitrogen and oxygen atoms in total. The Morgan fingerprint density at radius 2 is 1.74 bits per heavy atom. The van der Waals surface area contributed by atoms with Gasteiger partial charge >= 0.3 is 0 Å². The van der Waals surface area contributed by atoms with Gasteiger partial charge in [-0.1, -0.05) is 34.6 Å². The fourth-order valence-electron chi connectivity index (χ4n) is 2.93. The van der Waals surface area contributed by atoms with Crippen LogP contribution in [0.5, 0.6) is 0 Å². The van der Waals surface area contributed by atoms with E-state index >= 15 is 0 Å². The highest BCUT2D eigenvalue weighted by Gasteiger charge is 2.25. The lowest BCUT2D eigenvalue weighted by Gasteiger charge is -2.27. The minimum Gasteiger partial charge on any atom is -0.260 e. The Morgan fingerprint density at radius 3 is 2.32 bits per heavy atom. The van der Waals surface area contributed by atoms with Crippen LogP contribution >= 0.6 is 0 Å². The Kier molecular flexibility index (Phi) is 10.5. The summed E-state index contributed by atoms with van der Waals surface area (Å²) in [5.41, 5.74) is 5.63. The third-order valence-electron chi connectivity index (χ3n) is 4.33. The van der Waals surface area contributed by atoms with Crippen molar-refractivity contribution in [3.05, 3.63) is 47.5 Å². The van der Waals surface area contributed by atoms with Gasteiger partial charge in [0.25, 0.3) is 0 Å². The Hall–Kier alpha value is -2.12. The first kappa shape index (κ1) is 26.9. The SMILES string of the molecule is CC.CC.CCN(Cc1cc(-c2ccc3nc(C)cn3n2)c(C)cn1)S(=O)C(C)(C)C. The van der Waals surface area contributed by atoms with Gasteiger partial charge in [0.15, 0.2) is 5.65 Å². The van der Waals surface area contributed by atoms with Gasteiger partial charge in [0.05, 0.1) is 34.6 Å². The van der Waals surface area contributed by atoms with E-state index in [0.717, 1.165) is 33.9 Å². The largest absolute Gasteiger partial charge is 0.260 e. The van der Waals surface area contributed by atoms with Gasteiger partial charge in [0.2, 0.25) is 0 Å². The summed E-state index contributed by atoms with van der Waals surface area (Å²) in [6, 6.07) is 6.01. The molecule has 0 saturated carbocycles. The molecule has 31 heavy (non-hydrogen) atoms. The lowest BCUT2D eigenvalue weighted by molar-refractivity contribution is 0.442. The molecule has 0 aliphatic carbocycles. The number of imidazole rings is 1. The summed E-state index contributed by atoms with van der Waals surface area (Å²) in [4.78, 5) is 8.99. The van der Waals surface area contributed by atoms with Crippen LogP contribution < -0.4 is 0 Å². The van der Waals surface area contributed by atoms with Gasteiger partial charge in [-0.2, -0.15) is 5.10 Å². The molecule has 0 spiro atoms. The topological polar surface area (TPSA) is 63.4 Å². The van der Waals surface area contributed by atoms with Crippen molar-refractivity contribution in [3.63, 3.8) is 0 Å². The molecule has 7 heteroatoms. The molecule has 172 valence electrons. The monoisotopic (exact) mass is 445 g/mol. The Morgan fingerprint density at radius 1 is 1.10 bits per heavy atom. The standard InChI is InChI=1S/C20H27N5OS.2C2H6/c1-7-24(27(26)20(4,5)6)13-16-10-17(14(2)11-21-16)18-8-9-19-22-15(3)12-25(19)23-18;2*1-2/h8-12H,7,13H2,1-6H3;2*1-2H3. The second-order valence-electron chi connectivity index (χ2n) is 7.71. The van der Waals surface area contributed by atoms with E-state index in [-0.39, 0.29) is 4.75 Å². The highest BCUT2D eigenvalue weighted by Crippen LogP contribution is 2.24. The number of aryl methyl sites for hydroxylation is 2.